The Kier molecular flexibility index (Phi) is 7.82. The molecule has 168 valence electrons. The first-order valence-corrected chi connectivity index (χ1v) is 11.0. The van der Waals surface area contributed by atoms with E-state index in [0.717, 1.165) is 53.2 Å². The molecule has 0 saturated carbocycles. The molecule has 32 heavy (non-hydrogen) atoms. The summed E-state index contributed by atoms with van der Waals surface area (Å²) in [5, 5.41) is 8.85. The first-order chi connectivity index (χ1) is 15.4. The molecule has 3 aromatic rings. The van der Waals surface area contributed by atoms with Crippen molar-refractivity contribution < 1.29 is 14.6 Å². The Morgan fingerprint density at radius 1 is 1.06 bits per heavy atom. The van der Waals surface area contributed by atoms with Crippen molar-refractivity contribution in [1.29, 1.82) is 0 Å². The van der Waals surface area contributed by atoms with Crippen molar-refractivity contribution in [2.24, 2.45) is 0 Å². The Morgan fingerprint density at radius 2 is 1.81 bits per heavy atom. The van der Waals surface area contributed by atoms with Gasteiger partial charge in [-0.2, -0.15) is 0 Å². The second-order valence-corrected chi connectivity index (χ2v) is 8.09. The Labute approximate surface area is 189 Å². The summed E-state index contributed by atoms with van der Waals surface area (Å²) in [4.78, 5) is 22.3. The molecule has 2 aromatic carbocycles. The molecule has 0 fully saturated rings. The lowest BCUT2D eigenvalue weighted by molar-refractivity contribution is -0.139. The first-order valence-electron chi connectivity index (χ1n) is 11.0. The summed E-state index contributed by atoms with van der Waals surface area (Å²) in [6.07, 6.45) is 3.79. The largest absolute Gasteiger partial charge is 0.482 e. The van der Waals surface area contributed by atoms with Crippen LogP contribution in [0.2, 0.25) is 0 Å². The van der Waals surface area contributed by atoms with Crippen LogP contribution in [-0.2, 0) is 11.3 Å². The molecule has 0 unspecified atom stereocenters. The summed E-state index contributed by atoms with van der Waals surface area (Å²) in [5.41, 5.74) is 6.35. The third-order valence-electron chi connectivity index (χ3n) is 5.43. The predicted molar refractivity (Wildman–Crippen MR) is 127 cm³/mol. The second-order valence-electron chi connectivity index (χ2n) is 8.09. The normalized spacial score (nSPS) is 10.8. The fourth-order valence-electron chi connectivity index (χ4n) is 3.70. The van der Waals surface area contributed by atoms with Crippen LogP contribution in [-0.4, -0.2) is 34.2 Å². The minimum Gasteiger partial charge on any atom is -0.482 e. The summed E-state index contributed by atoms with van der Waals surface area (Å²) in [7, 11) is 0. The van der Waals surface area contributed by atoms with Gasteiger partial charge in [0.25, 0.3) is 0 Å². The van der Waals surface area contributed by atoms with Crippen LogP contribution in [0.25, 0.3) is 11.3 Å². The Bertz CT molecular complexity index is 1060. The number of hydrogen-bond acceptors (Lipinski definition) is 5. The van der Waals surface area contributed by atoms with Gasteiger partial charge in [0, 0.05) is 24.2 Å². The molecule has 3 rings (SSSR count). The van der Waals surface area contributed by atoms with Crippen LogP contribution in [0.4, 0.5) is 5.82 Å². The van der Waals surface area contributed by atoms with Gasteiger partial charge in [0.2, 0.25) is 0 Å². The maximum absolute atomic E-state index is 10.8. The number of nitrogens with zero attached hydrogens (tertiary/aromatic N) is 3. The molecule has 6 nitrogen and oxygen atoms in total. The number of anilines is 1. The topological polar surface area (TPSA) is 75.5 Å². The molecule has 1 N–H and O–H groups in total. The number of aliphatic carboxylic acids is 1. The number of benzene rings is 2. The number of carbonyl (C=O) groups is 1. The second kappa shape index (κ2) is 10.8. The van der Waals surface area contributed by atoms with E-state index >= 15 is 0 Å². The lowest BCUT2D eigenvalue weighted by atomic mass is 10.0. The molecule has 0 spiro atoms. The van der Waals surface area contributed by atoms with Crippen molar-refractivity contribution in [2.45, 2.75) is 47.1 Å². The molecule has 0 aliphatic carbocycles. The van der Waals surface area contributed by atoms with Gasteiger partial charge in [0.05, 0.1) is 5.69 Å². The van der Waals surface area contributed by atoms with Crippen LogP contribution < -0.4 is 9.64 Å². The van der Waals surface area contributed by atoms with Crippen molar-refractivity contribution in [3.63, 3.8) is 0 Å². The van der Waals surface area contributed by atoms with Crippen LogP contribution in [0.15, 0.2) is 48.8 Å². The average Bonchev–Trinajstić information content (AvgIpc) is 2.77. The van der Waals surface area contributed by atoms with Gasteiger partial charge >= 0.3 is 5.97 Å². The quantitative estimate of drug-likeness (QED) is 0.465. The summed E-state index contributed by atoms with van der Waals surface area (Å²) in [6.45, 7) is 9.52. The van der Waals surface area contributed by atoms with E-state index in [2.05, 4.69) is 59.9 Å². The smallest absolute Gasteiger partial charge is 0.341 e. The van der Waals surface area contributed by atoms with Gasteiger partial charge in [0.1, 0.15) is 17.9 Å². The van der Waals surface area contributed by atoms with Crippen LogP contribution in [0, 0.1) is 20.8 Å². The molecular formula is C26H31N3O3. The number of aryl methyl sites for hydroxylation is 2. The summed E-state index contributed by atoms with van der Waals surface area (Å²) in [6, 6.07) is 14.3. The molecule has 6 heteroatoms. The van der Waals surface area contributed by atoms with Crippen LogP contribution in [0.3, 0.4) is 0 Å². The van der Waals surface area contributed by atoms with Crippen molar-refractivity contribution >= 4 is 11.8 Å². The highest BCUT2D eigenvalue weighted by molar-refractivity contribution is 5.69. The van der Waals surface area contributed by atoms with E-state index in [9.17, 15) is 4.79 Å². The Hall–Kier alpha value is -3.41. The van der Waals surface area contributed by atoms with E-state index in [1.807, 2.05) is 25.1 Å². The van der Waals surface area contributed by atoms with E-state index in [-0.39, 0.29) is 6.61 Å². The summed E-state index contributed by atoms with van der Waals surface area (Å²) in [5.74, 6) is 0.548. The van der Waals surface area contributed by atoms with Crippen molar-refractivity contribution in [2.75, 3.05) is 18.1 Å². The van der Waals surface area contributed by atoms with Crippen molar-refractivity contribution in [3.8, 4) is 17.0 Å². The molecule has 0 aliphatic rings. The lowest BCUT2D eigenvalue weighted by Gasteiger charge is -2.26. The highest BCUT2D eigenvalue weighted by Gasteiger charge is 2.16. The van der Waals surface area contributed by atoms with Gasteiger partial charge in [-0.3, -0.25) is 0 Å². The molecule has 1 aromatic heterocycles. The number of aromatic nitrogens is 2. The SMILES string of the molecule is CCCCN(Cc1ccc(OCC(=O)O)c(C)c1)c1ncnc(-c2ccc(C)cc2)c1C. The van der Waals surface area contributed by atoms with E-state index < -0.39 is 5.97 Å². The lowest BCUT2D eigenvalue weighted by Crippen LogP contribution is -2.26. The van der Waals surface area contributed by atoms with E-state index in [0.29, 0.717) is 12.3 Å². The molecule has 0 aliphatic heterocycles. The van der Waals surface area contributed by atoms with E-state index in [1.165, 1.54) is 5.56 Å². The van der Waals surface area contributed by atoms with Crippen LogP contribution in [0.5, 0.6) is 5.75 Å². The van der Waals surface area contributed by atoms with Gasteiger partial charge in [0.15, 0.2) is 6.61 Å². The number of unbranched alkanes of at least 4 members (excludes halogenated alkanes) is 1. The van der Waals surface area contributed by atoms with Gasteiger partial charge in [-0.05, 0) is 44.4 Å². The minimum absolute atomic E-state index is 0.343. The number of carboxylic acid groups (broad SMARTS) is 1. The molecule has 0 bridgehead atoms. The summed E-state index contributed by atoms with van der Waals surface area (Å²) < 4.78 is 5.37. The van der Waals surface area contributed by atoms with Gasteiger partial charge in [-0.15, -0.1) is 0 Å². The Morgan fingerprint density at radius 3 is 2.47 bits per heavy atom. The molecule has 0 amide bonds. The number of ether oxygens (including phenoxy) is 1. The van der Waals surface area contributed by atoms with Gasteiger partial charge in [-0.1, -0.05) is 55.3 Å². The zero-order valence-corrected chi connectivity index (χ0v) is 19.3. The fourth-order valence-corrected chi connectivity index (χ4v) is 3.70. The highest BCUT2D eigenvalue weighted by atomic mass is 16.5. The van der Waals surface area contributed by atoms with Gasteiger partial charge < -0.3 is 14.7 Å². The number of rotatable bonds is 10. The van der Waals surface area contributed by atoms with E-state index in [4.69, 9.17) is 9.84 Å². The minimum atomic E-state index is -0.983. The summed E-state index contributed by atoms with van der Waals surface area (Å²) >= 11 is 0. The first kappa shape index (κ1) is 23.3. The predicted octanol–water partition coefficient (Wildman–Crippen LogP) is 5.34. The Balaban J connectivity index is 1.88. The monoisotopic (exact) mass is 433 g/mol. The molecular weight excluding hydrogens is 402 g/mol. The number of carboxylic acids is 1. The third-order valence-corrected chi connectivity index (χ3v) is 5.43. The van der Waals surface area contributed by atoms with Crippen molar-refractivity contribution in [1.82, 2.24) is 9.97 Å². The maximum Gasteiger partial charge on any atom is 0.341 e. The molecule has 0 atom stereocenters. The zero-order valence-electron chi connectivity index (χ0n) is 19.3. The average molecular weight is 434 g/mol. The standard InChI is InChI=1S/C26H31N3O3/c1-5-6-13-29(15-21-9-12-23(19(3)14-21)32-16-24(30)31)26-20(4)25(27-17-28-26)22-10-7-18(2)8-11-22/h7-12,14,17H,5-6,13,15-16H2,1-4H3,(H,30,31). The van der Waals surface area contributed by atoms with Crippen LogP contribution >= 0.6 is 0 Å². The van der Waals surface area contributed by atoms with Crippen LogP contribution in [0.1, 0.15) is 42.0 Å². The molecule has 0 radical (unpaired) electrons. The molecule has 1 heterocycles. The molecule has 0 saturated heterocycles. The highest BCUT2D eigenvalue weighted by Crippen LogP contribution is 2.29. The maximum atomic E-state index is 10.8. The third kappa shape index (κ3) is 5.84. The van der Waals surface area contributed by atoms with Crippen molar-refractivity contribution in [3.05, 3.63) is 71.0 Å². The number of hydrogen-bond donors (Lipinski definition) is 1. The van der Waals surface area contributed by atoms with E-state index in [1.54, 1.807) is 6.33 Å². The van der Waals surface area contributed by atoms with Gasteiger partial charge in [-0.25, -0.2) is 14.8 Å². The fraction of sp³-hybridized carbons (Fsp3) is 0.346. The zero-order chi connectivity index (χ0) is 23.1.